The smallest absolute Gasteiger partial charge is 0.185 e. The SMILES string of the molecule is Cc1ccc(C(Cl)C(=O)c2ccccc2)c(Cl)c1. The second kappa shape index (κ2) is 5.55. The summed E-state index contributed by atoms with van der Waals surface area (Å²) >= 11 is 12.3. The number of halogens is 2. The van der Waals surface area contributed by atoms with Crippen LogP contribution in [-0.2, 0) is 0 Å². The summed E-state index contributed by atoms with van der Waals surface area (Å²) in [6, 6.07) is 14.5. The Bertz CT molecular complexity index is 564. The van der Waals surface area contributed by atoms with Crippen molar-refractivity contribution < 1.29 is 4.79 Å². The third kappa shape index (κ3) is 2.74. The van der Waals surface area contributed by atoms with Crippen molar-refractivity contribution in [1.82, 2.24) is 0 Å². The number of Topliss-reactive ketones (excluding diaryl/α,β-unsaturated/α-hetero) is 1. The second-order valence-corrected chi connectivity index (χ2v) is 4.96. The Labute approximate surface area is 116 Å². The van der Waals surface area contributed by atoms with E-state index < -0.39 is 5.38 Å². The number of benzene rings is 2. The van der Waals surface area contributed by atoms with Gasteiger partial charge in [0.1, 0.15) is 5.38 Å². The van der Waals surface area contributed by atoms with Gasteiger partial charge in [-0.2, -0.15) is 0 Å². The van der Waals surface area contributed by atoms with Crippen LogP contribution in [0.25, 0.3) is 0 Å². The van der Waals surface area contributed by atoms with Gasteiger partial charge in [0.05, 0.1) is 0 Å². The molecule has 2 aromatic rings. The van der Waals surface area contributed by atoms with Gasteiger partial charge in [-0.15, -0.1) is 11.6 Å². The molecular weight excluding hydrogens is 267 g/mol. The standard InChI is InChI=1S/C15H12Cl2O/c1-10-7-8-12(13(16)9-10)14(17)15(18)11-5-3-2-4-6-11/h2-9,14H,1H3. The minimum atomic E-state index is -0.750. The van der Waals surface area contributed by atoms with E-state index in [9.17, 15) is 4.79 Å². The lowest BCUT2D eigenvalue weighted by atomic mass is 10.0. The maximum atomic E-state index is 12.2. The van der Waals surface area contributed by atoms with Crippen LogP contribution in [0.2, 0.25) is 5.02 Å². The van der Waals surface area contributed by atoms with Gasteiger partial charge < -0.3 is 0 Å². The first kappa shape index (κ1) is 13.1. The Morgan fingerprint density at radius 2 is 1.78 bits per heavy atom. The predicted molar refractivity (Wildman–Crippen MR) is 75.6 cm³/mol. The largest absolute Gasteiger partial charge is 0.292 e. The van der Waals surface area contributed by atoms with Gasteiger partial charge in [-0.25, -0.2) is 0 Å². The highest BCUT2D eigenvalue weighted by atomic mass is 35.5. The van der Waals surface area contributed by atoms with Crippen LogP contribution in [0.15, 0.2) is 48.5 Å². The van der Waals surface area contributed by atoms with E-state index in [1.165, 1.54) is 0 Å². The van der Waals surface area contributed by atoms with Gasteiger partial charge in [-0.3, -0.25) is 4.79 Å². The van der Waals surface area contributed by atoms with Crippen LogP contribution in [0.3, 0.4) is 0 Å². The van der Waals surface area contributed by atoms with Crippen LogP contribution in [0.1, 0.15) is 26.9 Å². The number of ketones is 1. The lowest BCUT2D eigenvalue weighted by molar-refractivity contribution is 0.0987. The van der Waals surface area contributed by atoms with Crippen LogP contribution < -0.4 is 0 Å². The lowest BCUT2D eigenvalue weighted by Gasteiger charge is -2.11. The molecule has 0 radical (unpaired) electrons. The average Bonchev–Trinajstić information content (AvgIpc) is 2.38. The molecule has 18 heavy (non-hydrogen) atoms. The molecule has 0 heterocycles. The normalized spacial score (nSPS) is 12.2. The average molecular weight is 279 g/mol. The maximum Gasteiger partial charge on any atom is 0.185 e. The van der Waals surface area contributed by atoms with Crippen molar-refractivity contribution in [2.45, 2.75) is 12.3 Å². The molecule has 0 spiro atoms. The molecular formula is C15H12Cl2O. The number of rotatable bonds is 3. The summed E-state index contributed by atoms with van der Waals surface area (Å²) in [5, 5.41) is -0.222. The van der Waals surface area contributed by atoms with Gasteiger partial charge >= 0.3 is 0 Å². The van der Waals surface area contributed by atoms with Gasteiger partial charge in [-0.05, 0) is 24.1 Å². The molecule has 0 aromatic heterocycles. The molecule has 0 aliphatic carbocycles. The second-order valence-electron chi connectivity index (χ2n) is 4.12. The summed E-state index contributed by atoms with van der Waals surface area (Å²) in [6.45, 7) is 1.94. The molecule has 0 saturated heterocycles. The van der Waals surface area contributed by atoms with E-state index in [1.807, 2.05) is 37.3 Å². The van der Waals surface area contributed by atoms with Gasteiger partial charge in [0, 0.05) is 10.6 Å². The lowest BCUT2D eigenvalue weighted by Crippen LogP contribution is -2.07. The molecule has 1 nitrogen and oxygen atoms in total. The Kier molecular flexibility index (Phi) is 4.05. The Balaban J connectivity index is 2.31. The Morgan fingerprint density at radius 1 is 1.11 bits per heavy atom. The quantitative estimate of drug-likeness (QED) is 0.582. The number of hydrogen-bond acceptors (Lipinski definition) is 1. The summed E-state index contributed by atoms with van der Waals surface area (Å²) in [7, 11) is 0. The third-order valence-electron chi connectivity index (χ3n) is 2.72. The van der Waals surface area contributed by atoms with Crippen molar-refractivity contribution in [1.29, 1.82) is 0 Å². The van der Waals surface area contributed by atoms with Crippen LogP contribution in [0.4, 0.5) is 0 Å². The van der Waals surface area contributed by atoms with E-state index in [-0.39, 0.29) is 5.78 Å². The van der Waals surface area contributed by atoms with E-state index in [1.54, 1.807) is 18.2 Å². The van der Waals surface area contributed by atoms with Gasteiger partial charge in [0.2, 0.25) is 0 Å². The van der Waals surface area contributed by atoms with Crippen LogP contribution >= 0.6 is 23.2 Å². The summed E-state index contributed by atoms with van der Waals surface area (Å²) in [4.78, 5) is 12.2. The number of carbonyl (C=O) groups is 1. The fourth-order valence-electron chi connectivity index (χ4n) is 1.73. The topological polar surface area (TPSA) is 17.1 Å². The monoisotopic (exact) mass is 278 g/mol. The molecule has 3 heteroatoms. The van der Waals surface area contributed by atoms with Crippen molar-refractivity contribution in [2.24, 2.45) is 0 Å². The molecule has 1 unspecified atom stereocenters. The van der Waals surface area contributed by atoms with Crippen molar-refractivity contribution in [3.63, 3.8) is 0 Å². The maximum absolute atomic E-state index is 12.2. The predicted octanol–water partition coefficient (Wildman–Crippen LogP) is 4.81. The first-order valence-electron chi connectivity index (χ1n) is 5.59. The first-order chi connectivity index (χ1) is 8.59. The van der Waals surface area contributed by atoms with E-state index in [2.05, 4.69) is 0 Å². The molecule has 2 rings (SSSR count). The van der Waals surface area contributed by atoms with Crippen molar-refractivity contribution in [3.05, 3.63) is 70.2 Å². The Morgan fingerprint density at radius 3 is 2.39 bits per heavy atom. The molecule has 0 fully saturated rings. The fraction of sp³-hybridized carbons (Fsp3) is 0.133. The van der Waals surface area contributed by atoms with E-state index in [0.717, 1.165) is 5.56 Å². The van der Waals surface area contributed by atoms with Crippen LogP contribution in [-0.4, -0.2) is 5.78 Å². The molecule has 0 saturated carbocycles. The molecule has 0 bridgehead atoms. The highest BCUT2D eigenvalue weighted by Crippen LogP contribution is 2.31. The number of carbonyl (C=O) groups excluding carboxylic acids is 1. The van der Waals surface area contributed by atoms with E-state index >= 15 is 0 Å². The first-order valence-corrected chi connectivity index (χ1v) is 6.40. The number of aryl methyl sites for hydroxylation is 1. The molecule has 1 atom stereocenters. The zero-order chi connectivity index (χ0) is 13.1. The molecule has 0 amide bonds. The number of alkyl halides is 1. The zero-order valence-electron chi connectivity index (χ0n) is 9.86. The van der Waals surface area contributed by atoms with Crippen LogP contribution in [0, 0.1) is 6.92 Å². The summed E-state index contributed by atoms with van der Waals surface area (Å²) in [6.07, 6.45) is 0. The zero-order valence-corrected chi connectivity index (χ0v) is 11.4. The summed E-state index contributed by atoms with van der Waals surface area (Å²) in [5.41, 5.74) is 2.28. The highest BCUT2D eigenvalue weighted by Gasteiger charge is 2.21. The highest BCUT2D eigenvalue weighted by molar-refractivity contribution is 6.37. The van der Waals surface area contributed by atoms with Crippen molar-refractivity contribution >= 4 is 29.0 Å². The molecule has 0 aliphatic heterocycles. The van der Waals surface area contributed by atoms with Crippen molar-refractivity contribution in [3.8, 4) is 0 Å². The Hall–Kier alpha value is -1.31. The van der Waals surface area contributed by atoms with Gasteiger partial charge in [0.15, 0.2) is 5.78 Å². The molecule has 0 N–H and O–H groups in total. The van der Waals surface area contributed by atoms with Crippen molar-refractivity contribution in [2.75, 3.05) is 0 Å². The minimum absolute atomic E-state index is 0.136. The van der Waals surface area contributed by atoms with Gasteiger partial charge in [-0.1, -0.05) is 54.1 Å². The van der Waals surface area contributed by atoms with E-state index in [4.69, 9.17) is 23.2 Å². The molecule has 92 valence electrons. The fourth-order valence-corrected chi connectivity index (χ4v) is 2.44. The third-order valence-corrected chi connectivity index (χ3v) is 3.48. The summed E-state index contributed by atoms with van der Waals surface area (Å²) in [5.74, 6) is -0.136. The van der Waals surface area contributed by atoms with Crippen LogP contribution in [0.5, 0.6) is 0 Å². The van der Waals surface area contributed by atoms with Gasteiger partial charge in [0.25, 0.3) is 0 Å². The summed E-state index contributed by atoms with van der Waals surface area (Å²) < 4.78 is 0. The minimum Gasteiger partial charge on any atom is -0.292 e. The molecule has 0 aliphatic rings. The number of hydrogen-bond donors (Lipinski definition) is 0. The van der Waals surface area contributed by atoms with E-state index in [0.29, 0.717) is 16.1 Å². The molecule has 2 aromatic carbocycles.